The van der Waals surface area contributed by atoms with E-state index in [4.69, 9.17) is 0 Å². The molecular weight excluding hydrogens is 345 g/mol. The van der Waals surface area contributed by atoms with Gasteiger partial charge < -0.3 is 4.90 Å². The fourth-order valence-corrected chi connectivity index (χ4v) is 3.80. The van der Waals surface area contributed by atoms with E-state index in [0.717, 1.165) is 22.2 Å². The van der Waals surface area contributed by atoms with E-state index in [1.165, 1.54) is 0 Å². The molecule has 0 saturated carbocycles. The molecule has 1 saturated heterocycles. The third-order valence-electron chi connectivity index (χ3n) is 2.80. The molecule has 1 aromatic carbocycles. The van der Waals surface area contributed by atoms with Gasteiger partial charge in [-0.15, -0.1) is 0 Å². The number of halogens is 1. The van der Waals surface area contributed by atoms with Crippen molar-refractivity contribution in [1.29, 1.82) is 0 Å². The second-order valence-corrected chi connectivity index (χ2v) is 7.60. The molecule has 1 fully saturated rings. The summed E-state index contributed by atoms with van der Waals surface area (Å²) in [5.74, 6) is 0.167. The van der Waals surface area contributed by atoms with Gasteiger partial charge in [-0.25, -0.2) is 0 Å². The maximum Gasteiger partial charge on any atom is 0.253 e. The zero-order valence-electron chi connectivity index (χ0n) is 10.0. The number of benzene rings is 1. The topological polar surface area (TPSA) is 20.3 Å². The normalized spacial score (nSPS) is 24.8. The van der Waals surface area contributed by atoms with Crippen LogP contribution in [0.5, 0.6) is 0 Å². The van der Waals surface area contributed by atoms with Crippen LogP contribution in [0.25, 0.3) is 0 Å². The lowest BCUT2D eigenvalue weighted by molar-refractivity contribution is 0.0753. The minimum absolute atomic E-state index is 0.167. The highest BCUT2D eigenvalue weighted by Crippen LogP contribution is 2.25. The Labute approximate surface area is 120 Å². The summed E-state index contributed by atoms with van der Waals surface area (Å²) in [6.45, 7) is 6.10. The summed E-state index contributed by atoms with van der Waals surface area (Å²) in [7, 11) is 0. The standard InChI is InChI=1S/C13H16INOS/c1-9-7-15(8-10(2)17-9)13(16)11-3-5-12(14)6-4-11/h3-6,9-10H,7-8H2,1-2H3. The summed E-state index contributed by atoms with van der Waals surface area (Å²) >= 11 is 4.22. The van der Waals surface area contributed by atoms with E-state index in [1.807, 2.05) is 40.9 Å². The highest BCUT2D eigenvalue weighted by molar-refractivity contribution is 14.1. The quantitative estimate of drug-likeness (QED) is 0.716. The molecule has 2 nitrogen and oxygen atoms in total. The van der Waals surface area contributed by atoms with Crippen molar-refractivity contribution in [3.05, 3.63) is 33.4 Å². The van der Waals surface area contributed by atoms with Crippen LogP contribution in [0.15, 0.2) is 24.3 Å². The van der Waals surface area contributed by atoms with Crippen LogP contribution in [-0.2, 0) is 0 Å². The number of thioether (sulfide) groups is 1. The number of carbonyl (C=O) groups excluding carboxylic acids is 1. The zero-order chi connectivity index (χ0) is 12.4. The van der Waals surface area contributed by atoms with Gasteiger partial charge in [0.25, 0.3) is 5.91 Å². The van der Waals surface area contributed by atoms with E-state index in [1.54, 1.807) is 0 Å². The molecule has 2 unspecified atom stereocenters. The van der Waals surface area contributed by atoms with Crippen LogP contribution >= 0.6 is 34.4 Å². The van der Waals surface area contributed by atoms with E-state index in [9.17, 15) is 4.79 Å². The van der Waals surface area contributed by atoms with Crippen molar-refractivity contribution >= 4 is 40.3 Å². The van der Waals surface area contributed by atoms with Crippen LogP contribution in [0.2, 0.25) is 0 Å². The minimum atomic E-state index is 0.167. The molecule has 1 aromatic rings. The summed E-state index contributed by atoms with van der Waals surface area (Å²) < 4.78 is 1.16. The van der Waals surface area contributed by atoms with Crippen LogP contribution in [0.4, 0.5) is 0 Å². The molecule has 0 bridgehead atoms. The first-order valence-electron chi connectivity index (χ1n) is 5.76. The number of amides is 1. The molecule has 1 heterocycles. The first kappa shape index (κ1) is 13.2. The zero-order valence-corrected chi connectivity index (χ0v) is 13.0. The van der Waals surface area contributed by atoms with E-state index in [-0.39, 0.29) is 5.91 Å². The Hall–Kier alpha value is -0.230. The van der Waals surface area contributed by atoms with Crippen LogP contribution < -0.4 is 0 Å². The summed E-state index contributed by atoms with van der Waals surface area (Å²) in [6.07, 6.45) is 0. The Morgan fingerprint density at radius 2 is 1.76 bits per heavy atom. The fourth-order valence-electron chi connectivity index (χ4n) is 2.12. The number of nitrogens with zero attached hydrogens (tertiary/aromatic N) is 1. The van der Waals surface area contributed by atoms with Crippen molar-refractivity contribution in [2.45, 2.75) is 24.3 Å². The number of hydrogen-bond acceptors (Lipinski definition) is 2. The minimum Gasteiger partial charge on any atom is -0.336 e. The van der Waals surface area contributed by atoms with Gasteiger partial charge in [-0.1, -0.05) is 13.8 Å². The summed E-state index contributed by atoms with van der Waals surface area (Å²) in [5.41, 5.74) is 0.803. The van der Waals surface area contributed by atoms with Crippen LogP contribution in [-0.4, -0.2) is 34.4 Å². The monoisotopic (exact) mass is 361 g/mol. The second kappa shape index (κ2) is 5.61. The highest BCUT2D eigenvalue weighted by Gasteiger charge is 2.26. The first-order chi connectivity index (χ1) is 8.06. The molecule has 2 rings (SSSR count). The Morgan fingerprint density at radius 1 is 1.24 bits per heavy atom. The van der Waals surface area contributed by atoms with Crippen LogP contribution in [0, 0.1) is 3.57 Å². The molecule has 92 valence electrons. The van der Waals surface area contributed by atoms with E-state index in [2.05, 4.69) is 36.4 Å². The lowest BCUT2D eigenvalue weighted by Gasteiger charge is -2.34. The van der Waals surface area contributed by atoms with Gasteiger partial charge in [0, 0.05) is 32.7 Å². The summed E-state index contributed by atoms with van der Waals surface area (Å²) in [6, 6.07) is 7.81. The third kappa shape index (κ3) is 3.37. The molecule has 17 heavy (non-hydrogen) atoms. The van der Waals surface area contributed by atoms with Gasteiger partial charge in [0.05, 0.1) is 0 Å². The largest absolute Gasteiger partial charge is 0.336 e. The van der Waals surface area contributed by atoms with Crippen molar-refractivity contribution in [3.63, 3.8) is 0 Å². The van der Waals surface area contributed by atoms with Gasteiger partial charge in [0.2, 0.25) is 0 Å². The maximum atomic E-state index is 12.3. The molecule has 4 heteroatoms. The molecular formula is C13H16INOS. The van der Waals surface area contributed by atoms with E-state index >= 15 is 0 Å². The second-order valence-electron chi connectivity index (χ2n) is 4.47. The SMILES string of the molecule is CC1CN(C(=O)c2ccc(I)cc2)CC(C)S1. The predicted octanol–water partition coefficient (Wildman–Crippen LogP) is 3.26. The number of rotatable bonds is 1. The maximum absolute atomic E-state index is 12.3. The van der Waals surface area contributed by atoms with Gasteiger partial charge in [0.1, 0.15) is 0 Å². The highest BCUT2D eigenvalue weighted by atomic mass is 127. The predicted molar refractivity (Wildman–Crippen MR) is 81.6 cm³/mol. The molecule has 1 aliphatic rings. The van der Waals surface area contributed by atoms with Crippen LogP contribution in [0.3, 0.4) is 0 Å². The lowest BCUT2D eigenvalue weighted by Crippen LogP contribution is -2.44. The average molecular weight is 361 g/mol. The molecule has 2 atom stereocenters. The van der Waals surface area contributed by atoms with Crippen molar-refractivity contribution in [2.24, 2.45) is 0 Å². The van der Waals surface area contributed by atoms with Crippen molar-refractivity contribution < 1.29 is 4.79 Å². The van der Waals surface area contributed by atoms with Crippen LogP contribution in [0.1, 0.15) is 24.2 Å². The Kier molecular flexibility index (Phi) is 4.36. The molecule has 0 aromatic heterocycles. The molecule has 1 aliphatic heterocycles. The first-order valence-corrected chi connectivity index (χ1v) is 7.78. The molecule has 1 amide bonds. The molecule has 0 radical (unpaired) electrons. The van der Waals surface area contributed by atoms with Gasteiger partial charge in [-0.05, 0) is 46.9 Å². The van der Waals surface area contributed by atoms with Gasteiger partial charge in [0.15, 0.2) is 0 Å². The molecule has 0 spiro atoms. The van der Waals surface area contributed by atoms with Gasteiger partial charge >= 0.3 is 0 Å². The summed E-state index contributed by atoms with van der Waals surface area (Å²) in [4.78, 5) is 14.3. The van der Waals surface area contributed by atoms with Crippen molar-refractivity contribution in [3.8, 4) is 0 Å². The van der Waals surface area contributed by atoms with Gasteiger partial charge in [-0.2, -0.15) is 11.8 Å². The Morgan fingerprint density at radius 3 is 2.29 bits per heavy atom. The molecule has 0 aliphatic carbocycles. The van der Waals surface area contributed by atoms with E-state index in [0.29, 0.717) is 10.5 Å². The average Bonchev–Trinajstić information content (AvgIpc) is 2.28. The third-order valence-corrected chi connectivity index (χ3v) is 4.74. The van der Waals surface area contributed by atoms with Gasteiger partial charge in [-0.3, -0.25) is 4.79 Å². The van der Waals surface area contributed by atoms with Crippen molar-refractivity contribution in [2.75, 3.05) is 13.1 Å². The smallest absolute Gasteiger partial charge is 0.253 e. The summed E-state index contributed by atoms with van der Waals surface area (Å²) in [5, 5.41) is 1.07. The number of hydrogen-bond donors (Lipinski definition) is 0. The Balaban J connectivity index is 2.11. The fraction of sp³-hybridized carbons (Fsp3) is 0.462. The lowest BCUT2D eigenvalue weighted by atomic mass is 10.2. The molecule has 0 N–H and O–H groups in total. The van der Waals surface area contributed by atoms with E-state index < -0.39 is 0 Å². The number of carbonyl (C=O) groups is 1. The van der Waals surface area contributed by atoms with Crippen molar-refractivity contribution in [1.82, 2.24) is 4.90 Å². The Bertz CT molecular complexity index is 396.